The van der Waals surface area contributed by atoms with Crippen molar-refractivity contribution < 1.29 is 4.74 Å². The lowest BCUT2D eigenvalue weighted by Gasteiger charge is -2.14. The van der Waals surface area contributed by atoms with Crippen molar-refractivity contribution in [3.05, 3.63) is 40.5 Å². The minimum absolute atomic E-state index is 0.395. The van der Waals surface area contributed by atoms with Crippen molar-refractivity contribution in [2.45, 2.75) is 12.8 Å². The molecule has 6 heteroatoms. The molecule has 1 aliphatic heterocycles. The summed E-state index contributed by atoms with van der Waals surface area (Å²) in [5, 5.41) is 7.43. The summed E-state index contributed by atoms with van der Waals surface area (Å²) >= 11 is 5.92. The zero-order chi connectivity index (χ0) is 14.7. The predicted octanol–water partition coefficient (Wildman–Crippen LogP) is 2.57. The van der Waals surface area contributed by atoms with E-state index in [1.165, 1.54) is 0 Å². The molecule has 1 aromatic heterocycles. The third kappa shape index (κ3) is 3.25. The average molecular weight is 305 g/mol. The second kappa shape index (κ2) is 6.28. The van der Waals surface area contributed by atoms with Gasteiger partial charge in [0.05, 0.1) is 12.8 Å². The lowest BCUT2D eigenvalue weighted by Crippen LogP contribution is -2.16. The molecular formula is C15H17ClN4O. The van der Waals surface area contributed by atoms with Gasteiger partial charge in [0.25, 0.3) is 0 Å². The van der Waals surface area contributed by atoms with Gasteiger partial charge in [-0.3, -0.25) is 0 Å². The highest BCUT2D eigenvalue weighted by Gasteiger charge is 2.17. The summed E-state index contributed by atoms with van der Waals surface area (Å²) in [6.45, 7) is 1.85. The van der Waals surface area contributed by atoms with E-state index in [0.717, 1.165) is 48.7 Å². The zero-order valence-corrected chi connectivity index (χ0v) is 12.6. The maximum atomic E-state index is 5.92. The molecule has 0 atom stereocenters. The van der Waals surface area contributed by atoms with Gasteiger partial charge in [0.15, 0.2) is 0 Å². The Kier molecular flexibility index (Phi) is 4.22. The standard InChI is InChI=1S/C15H17ClN4O/c1-21-15-19-13-7-9-17-8-6-12(13)14(20-15)18-11-4-2-10(16)3-5-11/h2-5,17H,6-9H2,1H3,(H,18,19,20). The molecule has 2 aromatic rings. The van der Waals surface area contributed by atoms with Crippen LogP contribution in [0, 0.1) is 0 Å². The minimum atomic E-state index is 0.395. The predicted molar refractivity (Wildman–Crippen MR) is 83.6 cm³/mol. The van der Waals surface area contributed by atoms with Crippen LogP contribution in [0.25, 0.3) is 0 Å². The van der Waals surface area contributed by atoms with Gasteiger partial charge in [-0.15, -0.1) is 0 Å². The van der Waals surface area contributed by atoms with E-state index in [4.69, 9.17) is 16.3 Å². The van der Waals surface area contributed by atoms with Crippen molar-refractivity contribution in [1.29, 1.82) is 0 Å². The Morgan fingerprint density at radius 3 is 2.67 bits per heavy atom. The first-order valence-electron chi connectivity index (χ1n) is 6.93. The Hall–Kier alpha value is -1.85. The highest BCUT2D eigenvalue weighted by atomic mass is 35.5. The van der Waals surface area contributed by atoms with E-state index >= 15 is 0 Å². The third-order valence-corrected chi connectivity index (χ3v) is 3.70. The maximum absolute atomic E-state index is 5.92. The Morgan fingerprint density at radius 1 is 1.14 bits per heavy atom. The van der Waals surface area contributed by atoms with Gasteiger partial charge >= 0.3 is 6.01 Å². The van der Waals surface area contributed by atoms with E-state index in [1.54, 1.807) is 7.11 Å². The lowest BCUT2D eigenvalue weighted by molar-refractivity contribution is 0.378. The average Bonchev–Trinajstić information content (AvgIpc) is 2.75. The van der Waals surface area contributed by atoms with Gasteiger partial charge in [-0.2, -0.15) is 9.97 Å². The van der Waals surface area contributed by atoms with Crippen LogP contribution in [0.3, 0.4) is 0 Å². The number of benzene rings is 1. The van der Waals surface area contributed by atoms with Crippen LogP contribution in [0.5, 0.6) is 6.01 Å². The Balaban J connectivity index is 1.97. The molecule has 21 heavy (non-hydrogen) atoms. The van der Waals surface area contributed by atoms with Gasteiger partial charge in [0.1, 0.15) is 5.82 Å². The summed E-state index contributed by atoms with van der Waals surface area (Å²) in [7, 11) is 1.59. The molecule has 0 radical (unpaired) electrons. The molecule has 0 unspecified atom stereocenters. The van der Waals surface area contributed by atoms with E-state index in [2.05, 4.69) is 20.6 Å². The normalized spacial score (nSPS) is 14.2. The van der Waals surface area contributed by atoms with Crippen LogP contribution in [0.2, 0.25) is 5.02 Å². The molecule has 0 fully saturated rings. The van der Waals surface area contributed by atoms with Crippen molar-refractivity contribution >= 4 is 23.1 Å². The van der Waals surface area contributed by atoms with E-state index < -0.39 is 0 Å². The largest absolute Gasteiger partial charge is 0.467 e. The maximum Gasteiger partial charge on any atom is 0.318 e. The summed E-state index contributed by atoms with van der Waals surface area (Å²) in [6.07, 6.45) is 1.78. The highest BCUT2D eigenvalue weighted by molar-refractivity contribution is 6.30. The van der Waals surface area contributed by atoms with Crippen LogP contribution in [-0.4, -0.2) is 30.2 Å². The number of nitrogens with zero attached hydrogens (tertiary/aromatic N) is 2. The number of ether oxygens (including phenoxy) is 1. The highest BCUT2D eigenvalue weighted by Crippen LogP contribution is 2.26. The number of halogens is 1. The van der Waals surface area contributed by atoms with Gasteiger partial charge in [0.2, 0.25) is 0 Å². The van der Waals surface area contributed by atoms with Crippen LogP contribution in [0.4, 0.5) is 11.5 Å². The SMILES string of the molecule is COc1nc2c(c(Nc3ccc(Cl)cc3)n1)CCNCC2. The topological polar surface area (TPSA) is 59.1 Å². The molecule has 1 aliphatic rings. The number of rotatable bonds is 3. The monoisotopic (exact) mass is 304 g/mol. The zero-order valence-electron chi connectivity index (χ0n) is 11.8. The van der Waals surface area contributed by atoms with E-state index in [0.29, 0.717) is 11.0 Å². The lowest BCUT2D eigenvalue weighted by atomic mass is 10.1. The van der Waals surface area contributed by atoms with Gasteiger partial charge in [0, 0.05) is 29.2 Å². The molecular weight excluding hydrogens is 288 g/mol. The van der Waals surface area contributed by atoms with Crippen molar-refractivity contribution in [3.8, 4) is 6.01 Å². The number of anilines is 2. The molecule has 1 aromatic carbocycles. The molecule has 0 spiro atoms. The molecule has 110 valence electrons. The first kappa shape index (κ1) is 14.1. The summed E-state index contributed by atoms with van der Waals surface area (Å²) in [6, 6.07) is 7.95. The van der Waals surface area contributed by atoms with Crippen molar-refractivity contribution in [1.82, 2.24) is 15.3 Å². The number of aromatic nitrogens is 2. The molecule has 0 saturated carbocycles. The fourth-order valence-electron chi connectivity index (χ4n) is 2.39. The summed E-state index contributed by atoms with van der Waals surface area (Å²) in [5.41, 5.74) is 3.14. The van der Waals surface area contributed by atoms with Crippen molar-refractivity contribution in [3.63, 3.8) is 0 Å². The molecule has 5 nitrogen and oxygen atoms in total. The van der Waals surface area contributed by atoms with Crippen LogP contribution in [-0.2, 0) is 12.8 Å². The first-order chi connectivity index (χ1) is 10.3. The van der Waals surface area contributed by atoms with Crippen LogP contribution in [0.1, 0.15) is 11.3 Å². The van der Waals surface area contributed by atoms with E-state index in [9.17, 15) is 0 Å². The Labute approximate surface area is 128 Å². The number of hydrogen-bond donors (Lipinski definition) is 2. The fourth-order valence-corrected chi connectivity index (χ4v) is 2.51. The Morgan fingerprint density at radius 2 is 1.90 bits per heavy atom. The molecule has 2 heterocycles. The van der Waals surface area contributed by atoms with Crippen LogP contribution < -0.4 is 15.4 Å². The second-order valence-electron chi connectivity index (χ2n) is 4.87. The second-order valence-corrected chi connectivity index (χ2v) is 5.30. The third-order valence-electron chi connectivity index (χ3n) is 3.45. The number of hydrogen-bond acceptors (Lipinski definition) is 5. The smallest absolute Gasteiger partial charge is 0.318 e. The van der Waals surface area contributed by atoms with E-state index in [1.807, 2.05) is 24.3 Å². The van der Waals surface area contributed by atoms with Gasteiger partial charge in [-0.1, -0.05) is 11.6 Å². The molecule has 2 N–H and O–H groups in total. The molecule has 0 bridgehead atoms. The van der Waals surface area contributed by atoms with Crippen molar-refractivity contribution in [2.24, 2.45) is 0 Å². The van der Waals surface area contributed by atoms with Gasteiger partial charge in [-0.05, 0) is 37.2 Å². The number of fused-ring (bicyclic) bond motifs is 1. The van der Waals surface area contributed by atoms with Crippen LogP contribution in [0.15, 0.2) is 24.3 Å². The number of methoxy groups -OCH3 is 1. The number of nitrogens with one attached hydrogen (secondary N) is 2. The summed E-state index contributed by atoms with van der Waals surface area (Å²) < 4.78 is 5.21. The Bertz CT molecular complexity index is 630. The van der Waals surface area contributed by atoms with Crippen LogP contribution >= 0.6 is 11.6 Å². The molecule has 0 saturated heterocycles. The van der Waals surface area contributed by atoms with Gasteiger partial charge < -0.3 is 15.4 Å². The minimum Gasteiger partial charge on any atom is -0.467 e. The molecule has 0 aliphatic carbocycles. The first-order valence-corrected chi connectivity index (χ1v) is 7.31. The van der Waals surface area contributed by atoms with E-state index in [-0.39, 0.29) is 0 Å². The molecule has 0 amide bonds. The molecule has 3 rings (SSSR count). The van der Waals surface area contributed by atoms with Gasteiger partial charge in [-0.25, -0.2) is 0 Å². The summed E-state index contributed by atoms with van der Waals surface area (Å²) in [5.74, 6) is 0.808. The quantitative estimate of drug-likeness (QED) is 0.912. The van der Waals surface area contributed by atoms with Crippen molar-refractivity contribution in [2.75, 3.05) is 25.5 Å². The fraction of sp³-hybridized carbons (Fsp3) is 0.333. The summed E-state index contributed by atoms with van der Waals surface area (Å²) in [4.78, 5) is 8.93.